The number of pyridine rings is 1. The summed E-state index contributed by atoms with van der Waals surface area (Å²) >= 11 is 0. The maximum Gasteiger partial charge on any atom is 0.263 e. The molecule has 0 aliphatic carbocycles. The van der Waals surface area contributed by atoms with E-state index in [1.54, 1.807) is 6.20 Å². The number of benzene rings is 1. The van der Waals surface area contributed by atoms with Crippen molar-refractivity contribution in [1.29, 1.82) is 0 Å². The number of nitrogens with zero attached hydrogens (tertiary/aromatic N) is 2. The molecule has 0 radical (unpaired) electrons. The van der Waals surface area contributed by atoms with E-state index in [0.717, 1.165) is 35.5 Å². The fourth-order valence-corrected chi connectivity index (χ4v) is 3.53. The van der Waals surface area contributed by atoms with Gasteiger partial charge in [-0.15, -0.1) is 12.4 Å². The Bertz CT molecular complexity index is 783. The average Bonchev–Trinajstić information content (AvgIpc) is 2.68. The zero-order chi connectivity index (χ0) is 19.4. The molecule has 0 spiro atoms. The molecule has 1 N–H and O–H groups in total. The molecule has 1 fully saturated rings. The molecule has 2 atom stereocenters. The highest BCUT2D eigenvalue weighted by molar-refractivity contribution is 5.85. The minimum Gasteiger partial charge on any atom is -0.481 e. The standard InChI is InChI=1S/C22H29N3O2.ClH/c1-15(2)19-8-7-16(3)12-21(19)27-17(4)22(26)25-11-10-24-14-20(25)18-6-5-9-23-13-18;/h5-9,12-13,15,17,20,24H,10-11,14H2,1-4H3;1H. The van der Waals surface area contributed by atoms with Crippen LogP contribution in [-0.2, 0) is 4.79 Å². The van der Waals surface area contributed by atoms with Gasteiger partial charge in [0, 0.05) is 32.0 Å². The molecule has 0 bridgehead atoms. The summed E-state index contributed by atoms with van der Waals surface area (Å²) in [5.41, 5.74) is 3.30. The number of hydrogen-bond acceptors (Lipinski definition) is 4. The summed E-state index contributed by atoms with van der Waals surface area (Å²) < 4.78 is 6.16. The minimum absolute atomic E-state index is 0. The Morgan fingerprint density at radius 2 is 2.07 bits per heavy atom. The van der Waals surface area contributed by atoms with E-state index in [9.17, 15) is 4.79 Å². The molecule has 1 aliphatic rings. The summed E-state index contributed by atoms with van der Waals surface area (Å²) in [7, 11) is 0. The molecule has 6 heteroatoms. The molecular weight excluding hydrogens is 374 g/mol. The number of carbonyl (C=O) groups excluding carboxylic acids is 1. The number of nitrogens with one attached hydrogen (secondary N) is 1. The third-order valence-electron chi connectivity index (χ3n) is 5.04. The molecule has 2 unspecified atom stereocenters. The summed E-state index contributed by atoms with van der Waals surface area (Å²) in [4.78, 5) is 19.3. The number of piperazine rings is 1. The molecule has 0 saturated carbocycles. The van der Waals surface area contributed by atoms with Crippen LogP contribution in [0.5, 0.6) is 5.75 Å². The zero-order valence-corrected chi connectivity index (χ0v) is 17.8. The number of hydrogen-bond donors (Lipinski definition) is 1. The number of ether oxygens (including phenoxy) is 1. The highest BCUT2D eigenvalue weighted by Crippen LogP contribution is 2.29. The van der Waals surface area contributed by atoms with Crippen LogP contribution < -0.4 is 10.1 Å². The molecule has 2 heterocycles. The summed E-state index contributed by atoms with van der Waals surface area (Å²) in [5.74, 6) is 1.16. The maximum atomic E-state index is 13.2. The lowest BCUT2D eigenvalue weighted by Crippen LogP contribution is -2.52. The van der Waals surface area contributed by atoms with Crippen LogP contribution in [-0.4, -0.2) is 41.5 Å². The minimum atomic E-state index is -0.540. The van der Waals surface area contributed by atoms with Gasteiger partial charge in [0.15, 0.2) is 6.10 Å². The van der Waals surface area contributed by atoms with Crippen molar-refractivity contribution in [3.8, 4) is 5.75 Å². The van der Waals surface area contributed by atoms with Gasteiger partial charge in [-0.05, 0) is 48.6 Å². The molecule has 1 saturated heterocycles. The Hall–Kier alpha value is -2.11. The fraction of sp³-hybridized carbons (Fsp3) is 0.455. The SMILES string of the molecule is Cc1ccc(C(C)C)c(OC(C)C(=O)N2CCNCC2c2cccnc2)c1.Cl. The first-order valence-corrected chi connectivity index (χ1v) is 9.65. The normalized spacial score (nSPS) is 17.8. The highest BCUT2D eigenvalue weighted by Gasteiger charge is 2.32. The van der Waals surface area contributed by atoms with Crippen molar-refractivity contribution in [3.63, 3.8) is 0 Å². The van der Waals surface area contributed by atoms with Crippen molar-refractivity contribution in [1.82, 2.24) is 15.2 Å². The number of carbonyl (C=O) groups is 1. The molecule has 1 amide bonds. The number of amides is 1. The van der Waals surface area contributed by atoms with E-state index in [1.165, 1.54) is 0 Å². The second-order valence-electron chi connectivity index (χ2n) is 7.49. The van der Waals surface area contributed by atoms with Crippen molar-refractivity contribution < 1.29 is 9.53 Å². The molecule has 1 aliphatic heterocycles. The molecular formula is C22H30ClN3O2. The Kier molecular flexibility index (Phi) is 7.84. The summed E-state index contributed by atoms with van der Waals surface area (Å²) in [6.07, 6.45) is 3.05. The summed E-state index contributed by atoms with van der Waals surface area (Å²) in [5, 5.41) is 3.38. The largest absolute Gasteiger partial charge is 0.481 e. The van der Waals surface area contributed by atoms with Crippen molar-refractivity contribution in [2.24, 2.45) is 0 Å². The third kappa shape index (κ3) is 5.03. The molecule has 1 aromatic carbocycles. The zero-order valence-electron chi connectivity index (χ0n) is 17.0. The molecule has 3 rings (SSSR count). The fourth-order valence-electron chi connectivity index (χ4n) is 3.53. The third-order valence-corrected chi connectivity index (χ3v) is 5.04. The molecule has 5 nitrogen and oxygen atoms in total. The predicted molar refractivity (Wildman–Crippen MR) is 114 cm³/mol. The van der Waals surface area contributed by atoms with Crippen LogP contribution in [0, 0.1) is 6.92 Å². The van der Waals surface area contributed by atoms with Crippen LogP contribution in [0.25, 0.3) is 0 Å². The van der Waals surface area contributed by atoms with Gasteiger partial charge in [-0.3, -0.25) is 9.78 Å². The smallest absolute Gasteiger partial charge is 0.263 e. The van der Waals surface area contributed by atoms with Crippen LogP contribution in [0.4, 0.5) is 0 Å². The second-order valence-corrected chi connectivity index (χ2v) is 7.49. The lowest BCUT2D eigenvalue weighted by atomic mass is 10.0. The van der Waals surface area contributed by atoms with Crippen molar-refractivity contribution in [2.45, 2.75) is 45.8 Å². The lowest BCUT2D eigenvalue weighted by Gasteiger charge is -2.37. The number of aromatic nitrogens is 1. The summed E-state index contributed by atoms with van der Waals surface area (Å²) in [6, 6.07) is 10.1. The van der Waals surface area contributed by atoms with Gasteiger partial charge in [0.25, 0.3) is 5.91 Å². The number of halogens is 1. The van der Waals surface area contributed by atoms with E-state index in [1.807, 2.05) is 43.1 Å². The van der Waals surface area contributed by atoms with E-state index in [2.05, 4.69) is 36.3 Å². The van der Waals surface area contributed by atoms with E-state index in [0.29, 0.717) is 12.5 Å². The first-order valence-electron chi connectivity index (χ1n) is 9.65. The van der Waals surface area contributed by atoms with E-state index in [4.69, 9.17) is 4.74 Å². The quantitative estimate of drug-likeness (QED) is 0.823. The first-order chi connectivity index (χ1) is 13.0. The van der Waals surface area contributed by atoms with Crippen molar-refractivity contribution >= 4 is 18.3 Å². The molecule has 152 valence electrons. The van der Waals surface area contributed by atoms with Gasteiger partial charge < -0.3 is 15.0 Å². The van der Waals surface area contributed by atoms with Crippen LogP contribution in [0.3, 0.4) is 0 Å². The highest BCUT2D eigenvalue weighted by atomic mass is 35.5. The lowest BCUT2D eigenvalue weighted by molar-refractivity contribution is -0.141. The van der Waals surface area contributed by atoms with Gasteiger partial charge in [-0.2, -0.15) is 0 Å². The Labute approximate surface area is 173 Å². The molecule has 2 aromatic rings. The maximum absolute atomic E-state index is 13.2. The molecule has 28 heavy (non-hydrogen) atoms. The Morgan fingerprint density at radius 1 is 1.29 bits per heavy atom. The van der Waals surface area contributed by atoms with Crippen LogP contribution >= 0.6 is 12.4 Å². The first kappa shape index (κ1) is 22.2. The van der Waals surface area contributed by atoms with E-state index >= 15 is 0 Å². The summed E-state index contributed by atoms with van der Waals surface area (Å²) in [6.45, 7) is 10.3. The average molecular weight is 404 g/mol. The molecule has 1 aromatic heterocycles. The Balaban J connectivity index is 0.00000280. The second kappa shape index (κ2) is 9.89. The van der Waals surface area contributed by atoms with Gasteiger partial charge in [0.1, 0.15) is 5.75 Å². The number of rotatable bonds is 5. The van der Waals surface area contributed by atoms with Gasteiger partial charge in [-0.1, -0.05) is 32.0 Å². The van der Waals surface area contributed by atoms with Gasteiger partial charge in [-0.25, -0.2) is 0 Å². The monoisotopic (exact) mass is 403 g/mol. The van der Waals surface area contributed by atoms with Gasteiger partial charge in [0.2, 0.25) is 0 Å². The Morgan fingerprint density at radius 3 is 2.75 bits per heavy atom. The topological polar surface area (TPSA) is 54.5 Å². The van der Waals surface area contributed by atoms with E-state index < -0.39 is 6.10 Å². The van der Waals surface area contributed by atoms with Gasteiger partial charge in [0.05, 0.1) is 6.04 Å². The van der Waals surface area contributed by atoms with Crippen molar-refractivity contribution in [2.75, 3.05) is 19.6 Å². The van der Waals surface area contributed by atoms with Gasteiger partial charge >= 0.3 is 0 Å². The number of aryl methyl sites for hydroxylation is 1. The van der Waals surface area contributed by atoms with Crippen LogP contribution in [0.15, 0.2) is 42.7 Å². The predicted octanol–water partition coefficient (Wildman–Crippen LogP) is 3.88. The van der Waals surface area contributed by atoms with Crippen molar-refractivity contribution in [3.05, 3.63) is 59.4 Å². The van der Waals surface area contributed by atoms with Crippen LogP contribution in [0.2, 0.25) is 0 Å². The van der Waals surface area contributed by atoms with Crippen LogP contribution in [0.1, 0.15) is 49.4 Å². The van der Waals surface area contributed by atoms with E-state index in [-0.39, 0.29) is 24.4 Å².